The monoisotopic (exact) mass is 331 g/mol. The molecule has 0 saturated carbocycles. The van der Waals surface area contributed by atoms with Gasteiger partial charge in [0.15, 0.2) is 4.77 Å². The highest BCUT2D eigenvalue weighted by atomic mass is 32.1. The van der Waals surface area contributed by atoms with Gasteiger partial charge in [-0.15, -0.1) is 0 Å². The molecule has 0 bridgehead atoms. The van der Waals surface area contributed by atoms with Gasteiger partial charge in [0, 0.05) is 12.3 Å². The van der Waals surface area contributed by atoms with Crippen molar-refractivity contribution >= 4 is 34.8 Å². The maximum atomic E-state index is 13.7. The molecule has 5 nitrogen and oxygen atoms in total. The number of aromatic nitrogens is 2. The summed E-state index contributed by atoms with van der Waals surface area (Å²) in [5.74, 6) is -0.958. The molecular formula is C16H14FN3O2S. The number of amides is 1. The SMILES string of the molecule is O=C(Nc1ccc(CCO)cc1)c1cc(F)cc2[nH]c(=S)[nH]c12. The van der Waals surface area contributed by atoms with Crippen molar-refractivity contribution in [3.63, 3.8) is 0 Å². The second kappa shape index (κ2) is 6.31. The number of carbonyl (C=O) groups excluding carboxylic acids is 1. The van der Waals surface area contributed by atoms with E-state index < -0.39 is 11.7 Å². The summed E-state index contributed by atoms with van der Waals surface area (Å²) in [5, 5.41) is 11.6. The molecule has 2 aromatic carbocycles. The van der Waals surface area contributed by atoms with Gasteiger partial charge in [-0.3, -0.25) is 4.79 Å². The zero-order valence-electron chi connectivity index (χ0n) is 12.0. The lowest BCUT2D eigenvalue weighted by Gasteiger charge is -2.07. The number of aliphatic hydroxyl groups is 1. The average molecular weight is 331 g/mol. The van der Waals surface area contributed by atoms with Crippen LogP contribution in [0.25, 0.3) is 11.0 Å². The molecule has 1 heterocycles. The third-order valence-electron chi connectivity index (χ3n) is 3.45. The fraction of sp³-hybridized carbons (Fsp3) is 0.125. The number of anilines is 1. The van der Waals surface area contributed by atoms with Gasteiger partial charge in [0.25, 0.3) is 5.91 Å². The lowest BCUT2D eigenvalue weighted by molar-refractivity contribution is 0.102. The number of imidazole rings is 1. The van der Waals surface area contributed by atoms with Gasteiger partial charge < -0.3 is 20.4 Å². The summed E-state index contributed by atoms with van der Waals surface area (Å²) in [6.45, 7) is 0.0692. The van der Waals surface area contributed by atoms with Crippen molar-refractivity contribution in [1.82, 2.24) is 9.97 Å². The first-order valence-corrected chi connectivity index (χ1v) is 7.40. The fourth-order valence-electron chi connectivity index (χ4n) is 2.37. The highest BCUT2D eigenvalue weighted by Gasteiger charge is 2.14. The van der Waals surface area contributed by atoms with E-state index in [-0.39, 0.29) is 12.2 Å². The van der Waals surface area contributed by atoms with E-state index in [1.807, 2.05) is 12.1 Å². The summed E-state index contributed by atoms with van der Waals surface area (Å²) in [6.07, 6.45) is 0.554. The lowest BCUT2D eigenvalue weighted by Crippen LogP contribution is -2.13. The summed E-state index contributed by atoms with van der Waals surface area (Å²) in [4.78, 5) is 18.1. The Kier molecular flexibility index (Phi) is 4.22. The second-order valence-electron chi connectivity index (χ2n) is 5.08. The van der Waals surface area contributed by atoms with Crippen molar-refractivity contribution in [3.05, 3.63) is 58.1 Å². The molecule has 7 heteroatoms. The molecule has 0 unspecified atom stereocenters. The van der Waals surface area contributed by atoms with Crippen molar-refractivity contribution in [2.75, 3.05) is 11.9 Å². The van der Waals surface area contributed by atoms with Crippen molar-refractivity contribution in [2.45, 2.75) is 6.42 Å². The van der Waals surface area contributed by atoms with E-state index in [4.69, 9.17) is 17.3 Å². The molecule has 0 aliphatic heterocycles. The van der Waals surface area contributed by atoms with Crippen LogP contribution >= 0.6 is 12.2 Å². The molecule has 0 radical (unpaired) electrons. The van der Waals surface area contributed by atoms with E-state index >= 15 is 0 Å². The molecule has 118 valence electrons. The number of aromatic amines is 2. The van der Waals surface area contributed by atoms with E-state index in [9.17, 15) is 9.18 Å². The zero-order valence-corrected chi connectivity index (χ0v) is 12.8. The third kappa shape index (κ3) is 3.30. The predicted molar refractivity (Wildman–Crippen MR) is 88.6 cm³/mol. The van der Waals surface area contributed by atoms with Crippen molar-refractivity contribution < 1.29 is 14.3 Å². The first-order valence-electron chi connectivity index (χ1n) is 6.99. The topological polar surface area (TPSA) is 80.9 Å². The van der Waals surface area contributed by atoms with Gasteiger partial charge in [0.1, 0.15) is 5.82 Å². The smallest absolute Gasteiger partial charge is 0.257 e. The highest BCUT2D eigenvalue weighted by Crippen LogP contribution is 2.20. The zero-order chi connectivity index (χ0) is 16.4. The molecule has 0 aliphatic rings. The second-order valence-corrected chi connectivity index (χ2v) is 5.49. The number of benzene rings is 2. The molecule has 3 aromatic rings. The normalized spacial score (nSPS) is 10.9. The molecule has 0 atom stereocenters. The molecule has 4 N–H and O–H groups in total. The van der Waals surface area contributed by atoms with E-state index in [1.165, 1.54) is 6.07 Å². The molecule has 0 aliphatic carbocycles. The minimum atomic E-state index is -0.522. The predicted octanol–water partition coefficient (Wildman–Crippen LogP) is 3.15. The number of H-pyrrole nitrogens is 2. The Balaban J connectivity index is 1.90. The maximum Gasteiger partial charge on any atom is 0.257 e. The van der Waals surface area contributed by atoms with E-state index in [0.717, 1.165) is 11.6 Å². The van der Waals surface area contributed by atoms with Gasteiger partial charge in [0.05, 0.1) is 16.6 Å². The Hall–Kier alpha value is -2.51. The summed E-state index contributed by atoms with van der Waals surface area (Å²) < 4.78 is 14.0. The lowest BCUT2D eigenvalue weighted by atomic mass is 10.1. The van der Waals surface area contributed by atoms with Crippen LogP contribution in [-0.2, 0) is 6.42 Å². The van der Waals surface area contributed by atoms with Crippen molar-refractivity contribution in [3.8, 4) is 0 Å². The van der Waals surface area contributed by atoms with Crippen LogP contribution in [0.15, 0.2) is 36.4 Å². The first kappa shape index (κ1) is 15.4. The molecule has 0 saturated heterocycles. The van der Waals surface area contributed by atoms with Crippen LogP contribution in [0, 0.1) is 10.6 Å². The molecule has 1 amide bonds. The van der Waals surface area contributed by atoms with Crippen LogP contribution in [0.1, 0.15) is 15.9 Å². The molecule has 1 aromatic heterocycles. The van der Waals surface area contributed by atoms with Gasteiger partial charge in [-0.2, -0.15) is 0 Å². The average Bonchev–Trinajstić information content (AvgIpc) is 2.88. The number of aliphatic hydroxyl groups excluding tert-OH is 1. The van der Waals surface area contributed by atoms with Crippen LogP contribution < -0.4 is 5.32 Å². The summed E-state index contributed by atoms with van der Waals surface area (Å²) >= 11 is 4.99. The Labute approximate surface area is 136 Å². The summed E-state index contributed by atoms with van der Waals surface area (Å²) in [5.41, 5.74) is 2.63. The Morgan fingerprint density at radius 2 is 1.96 bits per heavy atom. The van der Waals surface area contributed by atoms with Crippen molar-refractivity contribution in [2.24, 2.45) is 0 Å². The minimum absolute atomic E-state index is 0.0692. The van der Waals surface area contributed by atoms with Crippen LogP contribution in [0.3, 0.4) is 0 Å². The van der Waals surface area contributed by atoms with Gasteiger partial charge in [-0.1, -0.05) is 12.1 Å². The van der Waals surface area contributed by atoms with Crippen LogP contribution in [0.2, 0.25) is 0 Å². The van der Waals surface area contributed by atoms with Crippen LogP contribution in [-0.4, -0.2) is 27.6 Å². The van der Waals surface area contributed by atoms with Crippen molar-refractivity contribution in [1.29, 1.82) is 0 Å². The molecular weight excluding hydrogens is 317 g/mol. The molecule has 0 spiro atoms. The van der Waals surface area contributed by atoms with E-state index in [0.29, 0.717) is 27.9 Å². The molecule has 3 rings (SSSR count). The largest absolute Gasteiger partial charge is 0.396 e. The highest BCUT2D eigenvalue weighted by molar-refractivity contribution is 7.71. The third-order valence-corrected chi connectivity index (χ3v) is 3.65. The summed E-state index contributed by atoms with van der Waals surface area (Å²) in [7, 11) is 0. The number of nitrogens with one attached hydrogen (secondary N) is 3. The number of carbonyl (C=O) groups is 1. The van der Waals surface area contributed by atoms with Gasteiger partial charge in [-0.05, 0) is 48.5 Å². The molecule has 23 heavy (non-hydrogen) atoms. The fourth-order valence-corrected chi connectivity index (χ4v) is 2.58. The number of hydrogen-bond acceptors (Lipinski definition) is 3. The number of rotatable bonds is 4. The van der Waals surface area contributed by atoms with Gasteiger partial charge in [-0.25, -0.2) is 4.39 Å². The van der Waals surface area contributed by atoms with Gasteiger partial charge >= 0.3 is 0 Å². The Bertz CT molecular complexity index is 915. The van der Waals surface area contributed by atoms with E-state index in [1.54, 1.807) is 12.1 Å². The Morgan fingerprint density at radius 3 is 2.65 bits per heavy atom. The van der Waals surface area contributed by atoms with E-state index in [2.05, 4.69) is 15.3 Å². The first-order chi connectivity index (χ1) is 11.1. The standard InChI is InChI=1S/C16H14FN3O2S/c17-10-7-12(14-13(8-10)19-16(23)20-14)15(22)18-11-3-1-9(2-4-11)5-6-21/h1-4,7-8,21H,5-6H2,(H,18,22)(H2,19,20,23). The maximum absolute atomic E-state index is 13.7. The summed E-state index contributed by atoms with van der Waals surface area (Å²) in [6, 6.07) is 9.55. The number of hydrogen-bond donors (Lipinski definition) is 4. The quantitative estimate of drug-likeness (QED) is 0.554. The van der Waals surface area contributed by atoms with Gasteiger partial charge in [0.2, 0.25) is 0 Å². The number of fused-ring (bicyclic) bond motifs is 1. The van der Waals surface area contributed by atoms with Crippen LogP contribution in [0.5, 0.6) is 0 Å². The Morgan fingerprint density at radius 1 is 1.22 bits per heavy atom. The van der Waals surface area contributed by atoms with Crippen LogP contribution in [0.4, 0.5) is 10.1 Å². The molecule has 0 fully saturated rings. The minimum Gasteiger partial charge on any atom is -0.396 e. The number of halogens is 1.